The van der Waals surface area contributed by atoms with E-state index in [1.165, 1.54) is 25.4 Å². The molecule has 0 aliphatic carbocycles. The van der Waals surface area contributed by atoms with Crippen LogP contribution in [0.3, 0.4) is 0 Å². The van der Waals surface area contributed by atoms with Gasteiger partial charge in [0.05, 0.1) is 0 Å². The van der Waals surface area contributed by atoms with E-state index in [2.05, 4.69) is 30.7 Å². The van der Waals surface area contributed by atoms with Gasteiger partial charge in [-0.05, 0) is 33.5 Å². The van der Waals surface area contributed by atoms with E-state index in [0.717, 1.165) is 0 Å². The number of nitrogens with zero attached hydrogens (tertiary/aromatic N) is 1. The summed E-state index contributed by atoms with van der Waals surface area (Å²) in [7, 11) is 0.213. The van der Waals surface area contributed by atoms with Gasteiger partial charge in [0.1, 0.15) is 0 Å². The average molecular weight is 157 g/mol. The molecule has 0 radical (unpaired) electrons. The Labute approximate surface area is 64.9 Å². The smallest absolute Gasteiger partial charge is 0.000747 e. The maximum atomic E-state index is 2.59. The Hall–Kier alpha value is 0.130. The van der Waals surface area contributed by atoms with Gasteiger partial charge in [-0.1, -0.05) is 26.0 Å². The first-order valence-electron chi connectivity index (χ1n) is 4.03. The van der Waals surface area contributed by atoms with Crippen LogP contribution in [0.1, 0.15) is 13.8 Å². The molecule has 0 saturated heterocycles. The van der Waals surface area contributed by atoms with Gasteiger partial charge in [0, 0.05) is 0 Å². The van der Waals surface area contributed by atoms with Crippen LogP contribution in [0.5, 0.6) is 0 Å². The predicted molar refractivity (Wildman–Crippen MR) is 48.7 cm³/mol. The van der Waals surface area contributed by atoms with Crippen LogP contribution >= 0.6 is 8.07 Å². The van der Waals surface area contributed by atoms with Gasteiger partial charge in [0.15, 0.2) is 0 Å². The zero-order valence-electron chi connectivity index (χ0n) is 6.88. The fraction of sp³-hybridized carbons (Fsp3) is 0.750. The summed E-state index contributed by atoms with van der Waals surface area (Å²) in [4.78, 5) is 0. The van der Waals surface area contributed by atoms with E-state index < -0.39 is 0 Å². The molecule has 1 aliphatic rings. The van der Waals surface area contributed by atoms with E-state index in [1.807, 2.05) is 0 Å². The van der Waals surface area contributed by atoms with Crippen molar-refractivity contribution >= 4 is 8.07 Å². The average Bonchev–Trinajstić information content (AvgIpc) is 2.43. The maximum Gasteiger partial charge on any atom is -0.000747 e. The molecule has 0 aromatic carbocycles. The van der Waals surface area contributed by atoms with Crippen molar-refractivity contribution in [3.63, 3.8) is 0 Å². The van der Waals surface area contributed by atoms with Crippen LogP contribution < -0.4 is 0 Å². The molecular weight excluding hydrogens is 141 g/mol. The first-order chi connectivity index (χ1) is 4.88. The lowest BCUT2D eigenvalue weighted by Crippen LogP contribution is -2.17. The van der Waals surface area contributed by atoms with Crippen LogP contribution in [0.15, 0.2) is 12.2 Å². The second kappa shape index (κ2) is 4.10. The molecule has 0 bridgehead atoms. The Morgan fingerprint density at radius 2 is 1.70 bits per heavy atom. The molecule has 0 amide bonds. The Bertz CT molecular complexity index is 110. The second-order valence-electron chi connectivity index (χ2n) is 2.48. The summed E-state index contributed by atoms with van der Waals surface area (Å²) in [6, 6.07) is 0. The molecule has 1 rings (SSSR count). The van der Waals surface area contributed by atoms with Crippen molar-refractivity contribution in [2.45, 2.75) is 13.8 Å². The van der Waals surface area contributed by atoms with Crippen LogP contribution in [0.4, 0.5) is 0 Å². The number of allylic oxidation sites excluding steroid dienone is 2. The summed E-state index contributed by atoms with van der Waals surface area (Å²) in [5.41, 5.74) is 0. The second-order valence-corrected chi connectivity index (χ2v) is 4.79. The summed E-state index contributed by atoms with van der Waals surface area (Å²) < 4.78 is 2.59. The Balaban J connectivity index is 2.31. The highest BCUT2D eigenvalue weighted by molar-refractivity contribution is 7.55. The van der Waals surface area contributed by atoms with E-state index in [4.69, 9.17) is 0 Å². The van der Waals surface area contributed by atoms with Gasteiger partial charge in [-0.2, -0.15) is 0 Å². The standard InChI is InChI=1S/C8H16NP/c1-3-9(4-2)10-7-5-6-8-10/h5-6H,3-4,7-8H2,1-2H3. The van der Waals surface area contributed by atoms with E-state index in [9.17, 15) is 0 Å². The van der Waals surface area contributed by atoms with E-state index in [-0.39, 0.29) is 8.07 Å². The normalized spacial score (nSPS) is 19.1. The first kappa shape index (κ1) is 8.23. The van der Waals surface area contributed by atoms with Crippen molar-refractivity contribution in [2.24, 2.45) is 0 Å². The summed E-state index contributed by atoms with van der Waals surface area (Å²) in [5, 5.41) is 0. The highest BCUT2D eigenvalue weighted by Crippen LogP contribution is 2.42. The van der Waals surface area contributed by atoms with Gasteiger partial charge < -0.3 is 0 Å². The molecule has 1 heterocycles. The SMILES string of the molecule is CCN(CC)P1CC=CC1. The molecule has 0 saturated carbocycles. The molecule has 0 aromatic heterocycles. The van der Waals surface area contributed by atoms with Crippen molar-refractivity contribution in [2.75, 3.05) is 25.4 Å². The van der Waals surface area contributed by atoms with E-state index in [1.54, 1.807) is 0 Å². The highest BCUT2D eigenvalue weighted by Gasteiger charge is 2.14. The minimum Gasteiger partial charge on any atom is -0.282 e. The first-order valence-corrected chi connectivity index (χ1v) is 5.69. The highest BCUT2D eigenvalue weighted by atomic mass is 31.1. The Morgan fingerprint density at radius 3 is 2.10 bits per heavy atom. The van der Waals surface area contributed by atoms with Gasteiger partial charge >= 0.3 is 0 Å². The third-order valence-corrected chi connectivity index (χ3v) is 4.56. The zero-order chi connectivity index (χ0) is 7.40. The molecule has 0 atom stereocenters. The van der Waals surface area contributed by atoms with Crippen molar-refractivity contribution in [1.82, 2.24) is 4.67 Å². The fourth-order valence-electron chi connectivity index (χ4n) is 1.32. The molecular formula is C8H16NP. The maximum absolute atomic E-state index is 2.59. The van der Waals surface area contributed by atoms with Gasteiger partial charge in [0.25, 0.3) is 0 Å². The lowest BCUT2D eigenvalue weighted by atomic mass is 10.6. The van der Waals surface area contributed by atoms with Crippen LogP contribution in [-0.4, -0.2) is 30.1 Å². The molecule has 1 nitrogen and oxygen atoms in total. The van der Waals surface area contributed by atoms with E-state index in [0.29, 0.717) is 0 Å². The lowest BCUT2D eigenvalue weighted by molar-refractivity contribution is 0.508. The Kier molecular flexibility index (Phi) is 3.37. The topological polar surface area (TPSA) is 3.24 Å². The van der Waals surface area contributed by atoms with Gasteiger partial charge in [-0.15, -0.1) is 0 Å². The quantitative estimate of drug-likeness (QED) is 0.449. The number of rotatable bonds is 3. The van der Waals surface area contributed by atoms with Crippen LogP contribution in [0.25, 0.3) is 0 Å². The Morgan fingerprint density at radius 1 is 1.20 bits per heavy atom. The summed E-state index contributed by atoms with van der Waals surface area (Å²) in [5.74, 6) is 0. The van der Waals surface area contributed by atoms with Crippen molar-refractivity contribution in [3.05, 3.63) is 12.2 Å². The van der Waals surface area contributed by atoms with Crippen molar-refractivity contribution in [3.8, 4) is 0 Å². The van der Waals surface area contributed by atoms with Crippen molar-refractivity contribution in [1.29, 1.82) is 0 Å². The molecule has 0 unspecified atom stereocenters. The largest absolute Gasteiger partial charge is 0.282 e. The molecule has 0 spiro atoms. The zero-order valence-corrected chi connectivity index (χ0v) is 7.77. The molecule has 58 valence electrons. The van der Waals surface area contributed by atoms with Gasteiger partial charge in [0.2, 0.25) is 0 Å². The molecule has 0 N–H and O–H groups in total. The van der Waals surface area contributed by atoms with Gasteiger partial charge in [-0.25, -0.2) is 0 Å². The summed E-state index contributed by atoms with van der Waals surface area (Å²) in [6.07, 6.45) is 7.31. The monoisotopic (exact) mass is 157 g/mol. The predicted octanol–water partition coefficient (Wildman–Crippen LogP) is 2.29. The minimum absolute atomic E-state index is 0.213. The summed E-state index contributed by atoms with van der Waals surface area (Å²) >= 11 is 0. The minimum atomic E-state index is 0.213. The van der Waals surface area contributed by atoms with Crippen LogP contribution in [0, 0.1) is 0 Å². The molecule has 0 aromatic rings. The fourth-order valence-corrected chi connectivity index (χ4v) is 3.52. The van der Waals surface area contributed by atoms with Gasteiger partial charge in [-0.3, -0.25) is 4.67 Å². The van der Waals surface area contributed by atoms with E-state index >= 15 is 0 Å². The number of hydrogen-bond donors (Lipinski definition) is 0. The van der Waals surface area contributed by atoms with Crippen molar-refractivity contribution < 1.29 is 0 Å². The lowest BCUT2D eigenvalue weighted by Gasteiger charge is -2.25. The third kappa shape index (κ3) is 1.81. The van der Waals surface area contributed by atoms with Crippen LogP contribution in [0.2, 0.25) is 0 Å². The van der Waals surface area contributed by atoms with Crippen LogP contribution in [-0.2, 0) is 0 Å². The molecule has 1 aliphatic heterocycles. The third-order valence-electron chi connectivity index (χ3n) is 1.93. The molecule has 10 heavy (non-hydrogen) atoms. The molecule has 0 fully saturated rings. The number of hydrogen-bond acceptors (Lipinski definition) is 1. The summed E-state index contributed by atoms with van der Waals surface area (Å²) in [6.45, 7) is 6.96. The molecule has 2 heteroatoms.